The summed E-state index contributed by atoms with van der Waals surface area (Å²) in [5.41, 5.74) is 0.409. The van der Waals surface area contributed by atoms with Crippen LogP contribution in [0.1, 0.15) is 50.7 Å². The molecular weight excluding hydrogens is 278 g/mol. The molecule has 1 aromatic rings. The van der Waals surface area contributed by atoms with E-state index in [2.05, 4.69) is 11.4 Å². The molecule has 22 heavy (non-hydrogen) atoms. The topological polar surface area (TPSA) is 73.2 Å². The molecule has 0 atom stereocenters. The van der Waals surface area contributed by atoms with Crippen LogP contribution in [0.25, 0.3) is 0 Å². The quantitative estimate of drug-likeness (QED) is 0.821. The summed E-state index contributed by atoms with van der Waals surface area (Å²) in [5, 5.41) is 12.0. The van der Waals surface area contributed by atoms with E-state index in [0.717, 1.165) is 12.8 Å². The summed E-state index contributed by atoms with van der Waals surface area (Å²) in [6.07, 6.45) is 2.94. The van der Waals surface area contributed by atoms with Gasteiger partial charge in [-0.15, -0.1) is 0 Å². The smallest absolute Gasteiger partial charge is 0.323 e. The maximum Gasteiger partial charge on any atom is 0.325 e. The second-order valence-corrected chi connectivity index (χ2v) is 5.67. The zero-order chi connectivity index (χ0) is 16.2. The van der Waals surface area contributed by atoms with Crippen LogP contribution in [0.3, 0.4) is 0 Å². The highest BCUT2D eigenvalue weighted by atomic mass is 16.2. The first-order valence-electron chi connectivity index (χ1n) is 7.70. The second kappa shape index (κ2) is 6.61. The Kier molecular flexibility index (Phi) is 4.81. The van der Waals surface area contributed by atoms with Crippen molar-refractivity contribution in [3.05, 3.63) is 35.4 Å². The largest absolute Gasteiger partial charge is 0.325 e. The second-order valence-electron chi connectivity index (χ2n) is 5.67. The highest BCUT2D eigenvalue weighted by Gasteiger charge is 2.49. The predicted molar refractivity (Wildman–Crippen MR) is 82.8 cm³/mol. The molecule has 1 saturated heterocycles. The number of rotatable bonds is 6. The van der Waals surface area contributed by atoms with Crippen molar-refractivity contribution in [3.8, 4) is 6.07 Å². The van der Waals surface area contributed by atoms with Gasteiger partial charge in [-0.1, -0.05) is 44.9 Å². The number of amides is 3. The van der Waals surface area contributed by atoms with Gasteiger partial charge in [0.2, 0.25) is 0 Å². The Morgan fingerprint density at radius 3 is 2.41 bits per heavy atom. The molecule has 0 bridgehead atoms. The monoisotopic (exact) mass is 299 g/mol. The summed E-state index contributed by atoms with van der Waals surface area (Å²) in [5.74, 6) is -0.172. The first-order valence-corrected chi connectivity index (χ1v) is 7.70. The van der Waals surface area contributed by atoms with Gasteiger partial charge in [-0.05, 0) is 24.5 Å². The van der Waals surface area contributed by atoms with Crippen LogP contribution in [-0.2, 0) is 11.3 Å². The van der Waals surface area contributed by atoms with Crippen molar-refractivity contribution in [2.75, 3.05) is 0 Å². The lowest BCUT2D eigenvalue weighted by Gasteiger charge is -2.25. The molecule has 0 unspecified atom stereocenters. The third-order valence-electron chi connectivity index (χ3n) is 4.07. The Hall–Kier alpha value is -2.35. The zero-order valence-corrected chi connectivity index (χ0v) is 13.1. The fraction of sp³-hybridized carbons (Fsp3) is 0.471. The van der Waals surface area contributed by atoms with Crippen molar-refractivity contribution in [2.45, 2.75) is 51.6 Å². The summed E-state index contributed by atoms with van der Waals surface area (Å²) in [6.45, 7) is 4.15. The first-order chi connectivity index (χ1) is 10.6. The van der Waals surface area contributed by atoms with E-state index in [1.54, 1.807) is 24.3 Å². The fourth-order valence-corrected chi connectivity index (χ4v) is 3.07. The van der Waals surface area contributed by atoms with Crippen LogP contribution in [0.15, 0.2) is 24.3 Å². The Bertz CT molecular complexity index is 613. The van der Waals surface area contributed by atoms with Crippen LogP contribution >= 0.6 is 0 Å². The van der Waals surface area contributed by atoms with Gasteiger partial charge in [-0.25, -0.2) is 4.79 Å². The molecule has 116 valence electrons. The number of imide groups is 1. The normalized spacial score (nSPS) is 16.5. The lowest BCUT2D eigenvalue weighted by Crippen LogP contribution is -2.46. The molecule has 1 fully saturated rings. The lowest BCUT2D eigenvalue weighted by atomic mass is 9.88. The van der Waals surface area contributed by atoms with Crippen molar-refractivity contribution in [2.24, 2.45) is 0 Å². The molecule has 0 radical (unpaired) electrons. The molecule has 0 spiro atoms. The van der Waals surface area contributed by atoms with Gasteiger partial charge >= 0.3 is 6.03 Å². The van der Waals surface area contributed by atoms with Crippen molar-refractivity contribution in [1.82, 2.24) is 10.2 Å². The van der Waals surface area contributed by atoms with E-state index < -0.39 is 5.54 Å². The Balaban J connectivity index is 2.27. The van der Waals surface area contributed by atoms with E-state index in [-0.39, 0.29) is 18.5 Å². The fourth-order valence-electron chi connectivity index (χ4n) is 3.07. The summed E-state index contributed by atoms with van der Waals surface area (Å²) >= 11 is 0. The molecule has 1 N–H and O–H groups in total. The molecule has 2 rings (SSSR count). The summed E-state index contributed by atoms with van der Waals surface area (Å²) in [7, 11) is 0. The maximum absolute atomic E-state index is 12.8. The minimum atomic E-state index is -0.776. The summed E-state index contributed by atoms with van der Waals surface area (Å²) < 4.78 is 0. The number of benzene rings is 1. The number of nitrogens with zero attached hydrogens (tertiary/aromatic N) is 2. The minimum Gasteiger partial charge on any atom is -0.323 e. The highest BCUT2D eigenvalue weighted by Crippen LogP contribution is 2.29. The Morgan fingerprint density at radius 1 is 1.18 bits per heavy atom. The van der Waals surface area contributed by atoms with Crippen molar-refractivity contribution in [3.63, 3.8) is 0 Å². The third-order valence-corrected chi connectivity index (χ3v) is 4.07. The molecule has 1 heterocycles. The van der Waals surface area contributed by atoms with Gasteiger partial charge in [0.05, 0.1) is 18.2 Å². The van der Waals surface area contributed by atoms with E-state index in [1.807, 2.05) is 13.8 Å². The zero-order valence-electron chi connectivity index (χ0n) is 13.1. The molecule has 1 aromatic carbocycles. The molecule has 0 saturated carbocycles. The summed E-state index contributed by atoms with van der Waals surface area (Å²) in [6, 6.07) is 8.78. The Morgan fingerprint density at radius 2 is 1.82 bits per heavy atom. The molecule has 3 amide bonds. The Labute approximate surface area is 130 Å². The van der Waals surface area contributed by atoms with Crippen LogP contribution in [0, 0.1) is 11.3 Å². The number of nitriles is 1. The third kappa shape index (κ3) is 2.82. The van der Waals surface area contributed by atoms with Gasteiger partial charge < -0.3 is 5.32 Å². The molecular formula is C17H21N3O2. The number of urea groups is 1. The van der Waals surface area contributed by atoms with Crippen LogP contribution < -0.4 is 5.32 Å². The van der Waals surface area contributed by atoms with Gasteiger partial charge in [0.25, 0.3) is 5.91 Å². The SMILES string of the molecule is CCCC1(CCC)NC(=O)N(Cc2ccccc2C#N)C1=O. The molecule has 1 aliphatic rings. The molecule has 1 aliphatic heterocycles. The standard InChI is InChI=1S/C17H21N3O2/c1-3-9-17(10-4-2)15(21)20(16(22)19-17)12-14-8-6-5-7-13(14)11-18/h5-8H,3-4,9-10,12H2,1-2H3,(H,19,22). The molecule has 5 nitrogen and oxygen atoms in total. The molecule has 0 aliphatic carbocycles. The van der Waals surface area contributed by atoms with Gasteiger partial charge in [-0.3, -0.25) is 9.69 Å². The van der Waals surface area contributed by atoms with Crippen LogP contribution in [-0.4, -0.2) is 22.4 Å². The number of carbonyl (C=O) groups is 2. The van der Waals surface area contributed by atoms with Crippen LogP contribution in [0.4, 0.5) is 4.79 Å². The van der Waals surface area contributed by atoms with E-state index in [1.165, 1.54) is 4.90 Å². The van der Waals surface area contributed by atoms with E-state index in [4.69, 9.17) is 5.26 Å². The number of hydrogen-bond acceptors (Lipinski definition) is 3. The van der Waals surface area contributed by atoms with Crippen LogP contribution in [0.5, 0.6) is 0 Å². The average Bonchev–Trinajstić information content (AvgIpc) is 2.73. The van der Waals surface area contributed by atoms with E-state index in [9.17, 15) is 9.59 Å². The van der Waals surface area contributed by atoms with Crippen LogP contribution in [0.2, 0.25) is 0 Å². The number of nitrogens with one attached hydrogen (secondary N) is 1. The van der Waals surface area contributed by atoms with E-state index in [0.29, 0.717) is 24.0 Å². The van der Waals surface area contributed by atoms with Gasteiger partial charge in [0.15, 0.2) is 0 Å². The molecule has 5 heteroatoms. The average molecular weight is 299 g/mol. The summed E-state index contributed by atoms with van der Waals surface area (Å²) in [4.78, 5) is 26.3. The van der Waals surface area contributed by atoms with Gasteiger partial charge in [0, 0.05) is 0 Å². The van der Waals surface area contributed by atoms with Crippen molar-refractivity contribution >= 4 is 11.9 Å². The predicted octanol–water partition coefficient (Wildman–Crippen LogP) is 2.95. The minimum absolute atomic E-state index is 0.142. The number of hydrogen-bond donors (Lipinski definition) is 1. The number of carbonyl (C=O) groups excluding carboxylic acids is 2. The van der Waals surface area contributed by atoms with Crippen molar-refractivity contribution in [1.29, 1.82) is 5.26 Å². The maximum atomic E-state index is 12.8. The lowest BCUT2D eigenvalue weighted by molar-refractivity contribution is -0.132. The highest BCUT2D eigenvalue weighted by molar-refractivity contribution is 6.07. The van der Waals surface area contributed by atoms with Gasteiger partial charge in [0.1, 0.15) is 5.54 Å². The first kappa shape index (κ1) is 16.0. The van der Waals surface area contributed by atoms with Crippen molar-refractivity contribution < 1.29 is 9.59 Å². The van der Waals surface area contributed by atoms with Gasteiger partial charge in [-0.2, -0.15) is 5.26 Å². The van der Waals surface area contributed by atoms with E-state index >= 15 is 0 Å². The molecule has 0 aromatic heterocycles.